The molecule has 0 radical (unpaired) electrons. The molecule has 2 atom stereocenters. The number of hydrogen-bond acceptors (Lipinski definition) is 7. The molecule has 1 aliphatic rings. The van der Waals surface area contributed by atoms with E-state index < -0.39 is 35.9 Å². The van der Waals surface area contributed by atoms with Gasteiger partial charge in [0.05, 0.1) is 32.3 Å². The summed E-state index contributed by atoms with van der Waals surface area (Å²) >= 11 is 0. The predicted molar refractivity (Wildman–Crippen MR) is 86.7 cm³/mol. The summed E-state index contributed by atoms with van der Waals surface area (Å²) in [5.41, 5.74) is 0. The summed E-state index contributed by atoms with van der Waals surface area (Å²) in [6.07, 6.45) is 0.995. The molecule has 1 aliphatic heterocycles. The zero-order valence-corrected chi connectivity index (χ0v) is 14.9. The van der Waals surface area contributed by atoms with Crippen molar-refractivity contribution in [3.8, 4) is 0 Å². The number of nitrogens with zero attached hydrogens (tertiary/aromatic N) is 2. The van der Waals surface area contributed by atoms with Crippen molar-refractivity contribution in [3.05, 3.63) is 0 Å². The third-order valence-corrected chi connectivity index (χ3v) is 4.00. The second kappa shape index (κ2) is 9.97. The van der Waals surface area contributed by atoms with Crippen molar-refractivity contribution < 1.29 is 33.8 Å². The molecule has 1 amide bonds. The third kappa shape index (κ3) is 6.00. The van der Waals surface area contributed by atoms with Crippen molar-refractivity contribution in [1.29, 1.82) is 0 Å². The Labute approximate surface area is 146 Å². The van der Waals surface area contributed by atoms with Gasteiger partial charge < -0.3 is 19.5 Å². The number of amides is 1. The Morgan fingerprint density at radius 1 is 1.12 bits per heavy atom. The van der Waals surface area contributed by atoms with E-state index in [0.717, 1.165) is 0 Å². The Morgan fingerprint density at radius 3 is 2.08 bits per heavy atom. The van der Waals surface area contributed by atoms with E-state index in [4.69, 9.17) is 9.47 Å². The molecule has 1 unspecified atom stereocenters. The lowest BCUT2D eigenvalue weighted by molar-refractivity contribution is -0.155. The third-order valence-electron chi connectivity index (χ3n) is 4.00. The average molecular weight is 358 g/mol. The summed E-state index contributed by atoms with van der Waals surface area (Å²) in [4.78, 5) is 50.2. The summed E-state index contributed by atoms with van der Waals surface area (Å²) in [7, 11) is 0. The van der Waals surface area contributed by atoms with Gasteiger partial charge in [-0.3, -0.25) is 19.3 Å². The first-order valence-corrected chi connectivity index (χ1v) is 8.40. The predicted octanol–water partition coefficient (Wildman–Crippen LogP) is -0.121. The molecular formula is C16H26N2O7. The van der Waals surface area contributed by atoms with Crippen molar-refractivity contribution in [1.82, 2.24) is 9.80 Å². The van der Waals surface area contributed by atoms with E-state index in [1.165, 1.54) is 16.7 Å². The molecule has 0 aromatic carbocycles. The molecule has 1 rings (SSSR count). The van der Waals surface area contributed by atoms with Gasteiger partial charge in [0.1, 0.15) is 6.04 Å². The zero-order chi connectivity index (χ0) is 19.0. The van der Waals surface area contributed by atoms with Gasteiger partial charge in [0.15, 0.2) is 0 Å². The topological polar surface area (TPSA) is 113 Å². The van der Waals surface area contributed by atoms with Crippen molar-refractivity contribution in [3.63, 3.8) is 0 Å². The molecule has 0 aliphatic carbocycles. The first kappa shape index (κ1) is 20.9. The molecule has 0 aromatic heterocycles. The van der Waals surface area contributed by atoms with Crippen LogP contribution < -0.4 is 0 Å². The Bertz CT molecular complexity index is 489. The maximum atomic E-state index is 12.7. The van der Waals surface area contributed by atoms with Gasteiger partial charge in [0.25, 0.3) is 0 Å². The van der Waals surface area contributed by atoms with E-state index in [1.807, 2.05) is 0 Å². The molecule has 1 heterocycles. The quantitative estimate of drug-likeness (QED) is 0.568. The van der Waals surface area contributed by atoms with Crippen LogP contribution in [-0.4, -0.2) is 83.7 Å². The summed E-state index contributed by atoms with van der Waals surface area (Å²) < 4.78 is 9.75. The van der Waals surface area contributed by atoms with Crippen LogP contribution in [0.4, 0.5) is 0 Å². The lowest BCUT2D eigenvalue weighted by Crippen LogP contribution is -2.53. The van der Waals surface area contributed by atoms with Crippen molar-refractivity contribution >= 4 is 23.8 Å². The summed E-state index contributed by atoms with van der Waals surface area (Å²) in [6, 6.07) is -1.73. The standard InChI is InChI=1S/C16H26N2O7/c1-4-24-13(19)9-17(10-14(20)25-5-2)11(3)15(21)18-8-6-7-12(18)16(22)23/h11-12H,4-10H2,1-3H3,(H,22,23)/t11?,12-/m0/s1. The highest BCUT2D eigenvalue weighted by Crippen LogP contribution is 2.20. The van der Waals surface area contributed by atoms with Crippen LogP contribution in [0.3, 0.4) is 0 Å². The number of carboxylic acid groups (broad SMARTS) is 1. The highest BCUT2D eigenvalue weighted by Gasteiger charge is 2.38. The number of hydrogen-bond donors (Lipinski definition) is 1. The Balaban J connectivity index is 2.86. The molecule has 0 saturated carbocycles. The number of ether oxygens (including phenoxy) is 2. The number of aliphatic carboxylic acids is 1. The fourth-order valence-corrected chi connectivity index (χ4v) is 2.76. The molecule has 1 fully saturated rings. The largest absolute Gasteiger partial charge is 0.480 e. The zero-order valence-electron chi connectivity index (χ0n) is 14.9. The van der Waals surface area contributed by atoms with Crippen LogP contribution in [0.25, 0.3) is 0 Å². The van der Waals surface area contributed by atoms with E-state index in [1.54, 1.807) is 13.8 Å². The summed E-state index contributed by atoms with van der Waals surface area (Å²) in [6.45, 7) is 5.04. The minimum Gasteiger partial charge on any atom is -0.480 e. The lowest BCUT2D eigenvalue weighted by atomic mass is 10.2. The number of carboxylic acids is 1. The second-order valence-corrected chi connectivity index (χ2v) is 5.72. The fourth-order valence-electron chi connectivity index (χ4n) is 2.76. The number of carbonyl (C=O) groups is 4. The number of esters is 2. The van der Waals surface area contributed by atoms with Crippen LogP contribution >= 0.6 is 0 Å². The van der Waals surface area contributed by atoms with Crippen LogP contribution in [0, 0.1) is 0 Å². The van der Waals surface area contributed by atoms with Crippen LogP contribution in [0.1, 0.15) is 33.6 Å². The maximum Gasteiger partial charge on any atom is 0.326 e. The molecular weight excluding hydrogens is 332 g/mol. The Kier molecular flexibility index (Phi) is 8.33. The SMILES string of the molecule is CCOC(=O)CN(CC(=O)OCC)C(C)C(=O)N1CCC[C@H]1C(=O)O. The molecule has 9 heteroatoms. The Hall–Kier alpha value is -2.16. The van der Waals surface area contributed by atoms with Crippen LogP contribution in [-0.2, 0) is 28.7 Å². The average Bonchev–Trinajstić information content (AvgIpc) is 3.03. The second-order valence-electron chi connectivity index (χ2n) is 5.72. The first-order valence-electron chi connectivity index (χ1n) is 8.40. The summed E-state index contributed by atoms with van der Waals surface area (Å²) in [5, 5.41) is 9.23. The number of carbonyl (C=O) groups excluding carboxylic acids is 3. The van der Waals surface area contributed by atoms with E-state index >= 15 is 0 Å². The Morgan fingerprint density at radius 2 is 1.64 bits per heavy atom. The number of likely N-dealkylation sites (tertiary alicyclic amines) is 1. The van der Waals surface area contributed by atoms with Gasteiger partial charge >= 0.3 is 17.9 Å². The number of rotatable bonds is 9. The highest BCUT2D eigenvalue weighted by atomic mass is 16.5. The fraction of sp³-hybridized carbons (Fsp3) is 0.750. The van der Waals surface area contributed by atoms with Crippen LogP contribution in [0.5, 0.6) is 0 Å². The molecule has 0 bridgehead atoms. The van der Waals surface area contributed by atoms with Gasteiger partial charge in [0, 0.05) is 6.54 Å². The van der Waals surface area contributed by atoms with Crippen molar-refractivity contribution in [2.45, 2.75) is 45.7 Å². The molecule has 142 valence electrons. The monoisotopic (exact) mass is 358 g/mol. The van der Waals surface area contributed by atoms with Gasteiger partial charge in [-0.05, 0) is 33.6 Å². The van der Waals surface area contributed by atoms with Crippen LogP contribution in [0.15, 0.2) is 0 Å². The van der Waals surface area contributed by atoms with Crippen LogP contribution in [0.2, 0.25) is 0 Å². The first-order chi connectivity index (χ1) is 11.8. The lowest BCUT2D eigenvalue weighted by Gasteiger charge is -2.31. The van der Waals surface area contributed by atoms with Crippen molar-refractivity contribution in [2.75, 3.05) is 32.8 Å². The van der Waals surface area contributed by atoms with E-state index in [9.17, 15) is 24.3 Å². The normalized spacial score (nSPS) is 18.1. The van der Waals surface area contributed by atoms with E-state index in [2.05, 4.69) is 0 Å². The molecule has 9 nitrogen and oxygen atoms in total. The molecule has 25 heavy (non-hydrogen) atoms. The smallest absolute Gasteiger partial charge is 0.326 e. The van der Waals surface area contributed by atoms with Gasteiger partial charge in [0.2, 0.25) is 5.91 Å². The van der Waals surface area contributed by atoms with Gasteiger partial charge in [-0.15, -0.1) is 0 Å². The van der Waals surface area contributed by atoms with E-state index in [0.29, 0.717) is 19.4 Å². The van der Waals surface area contributed by atoms with Crippen molar-refractivity contribution in [2.24, 2.45) is 0 Å². The summed E-state index contributed by atoms with van der Waals surface area (Å²) in [5.74, 6) is -2.62. The molecule has 0 spiro atoms. The van der Waals surface area contributed by atoms with Gasteiger partial charge in [-0.2, -0.15) is 0 Å². The minimum atomic E-state index is -1.06. The highest BCUT2D eigenvalue weighted by molar-refractivity contribution is 5.88. The molecule has 1 N–H and O–H groups in total. The van der Waals surface area contributed by atoms with Gasteiger partial charge in [-0.1, -0.05) is 0 Å². The molecule has 0 aromatic rings. The van der Waals surface area contributed by atoms with Gasteiger partial charge in [-0.25, -0.2) is 4.79 Å². The maximum absolute atomic E-state index is 12.7. The molecule has 1 saturated heterocycles. The minimum absolute atomic E-state index is 0.182. The van der Waals surface area contributed by atoms with E-state index in [-0.39, 0.29) is 26.3 Å².